The van der Waals surface area contributed by atoms with Crippen molar-refractivity contribution in [3.05, 3.63) is 40.4 Å². The summed E-state index contributed by atoms with van der Waals surface area (Å²) in [7, 11) is 0. The summed E-state index contributed by atoms with van der Waals surface area (Å²) in [4.78, 5) is 10.9. The molecule has 0 aliphatic heterocycles. The van der Waals surface area contributed by atoms with Crippen molar-refractivity contribution >= 4 is 23.1 Å². The standard InChI is InChI=1S/C15H15ClO2/c16-11-3-4-13-12(8-11)10(7-14(17)18)9-15(13)5-1-2-6-15/h3-4,7-8H,1-2,5-6,9H2,(H,17,18)/b10-7+. The fourth-order valence-corrected chi connectivity index (χ4v) is 3.75. The number of hydrogen-bond acceptors (Lipinski definition) is 1. The Balaban J connectivity index is 2.15. The zero-order valence-corrected chi connectivity index (χ0v) is 10.8. The summed E-state index contributed by atoms with van der Waals surface area (Å²) >= 11 is 6.05. The van der Waals surface area contributed by atoms with Gasteiger partial charge in [0.05, 0.1) is 0 Å². The average molecular weight is 263 g/mol. The highest BCUT2D eigenvalue weighted by atomic mass is 35.5. The van der Waals surface area contributed by atoms with Crippen molar-refractivity contribution < 1.29 is 9.90 Å². The molecule has 0 unspecified atom stereocenters. The molecule has 0 saturated heterocycles. The molecular formula is C15H15ClO2. The van der Waals surface area contributed by atoms with Gasteiger partial charge in [-0.2, -0.15) is 0 Å². The summed E-state index contributed by atoms with van der Waals surface area (Å²) in [6.07, 6.45) is 7.01. The van der Waals surface area contributed by atoms with Crippen LogP contribution in [0.4, 0.5) is 0 Å². The summed E-state index contributed by atoms with van der Waals surface area (Å²) in [5, 5.41) is 9.67. The first-order valence-electron chi connectivity index (χ1n) is 6.35. The first-order valence-corrected chi connectivity index (χ1v) is 6.72. The third kappa shape index (κ3) is 1.76. The number of carboxylic acids is 1. The molecule has 0 radical (unpaired) electrons. The fourth-order valence-electron chi connectivity index (χ4n) is 3.58. The molecule has 0 heterocycles. The van der Waals surface area contributed by atoms with Crippen LogP contribution < -0.4 is 0 Å². The number of benzene rings is 1. The molecule has 0 aromatic heterocycles. The van der Waals surface area contributed by atoms with Crippen molar-refractivity contribution in [2.45, 2.75) is 37.5 Å². The van der Waals surface area contributed by atoms with Gasteiger partial charge < -0.3 is 5.11 Å². The normalized spacial score (nSPS) is 22.6. The lowest BCUT2D eigenvalue weighted by Crippen LogP contribution is -2.17. The minimum atomic E-state index is -0.869. The Morgan fingerprint density at radius 1 is 1.33 bits per heavy atom. The molecule has 1 aromatic rings. The Morgan fingerprint density at radius 2 is 2.06 bits per heavy atom. The lowest BCUT2D eigenvalue weighted by Gasteiger charge is -2.23. The molecule has 94 valence electrons. The van der Waals surface area contributed by atoms with E-state index in [1.807, 2.05) is 12.1 Å². The third-order valence-electron chi connectivity index (χ3n) is 4.29. The molecule has 0 bridgehead atoms. The van der Waals surface area contributed by atoms with Crippen molar-refractivity contribution in [2.24, 2.45) is 0 Å². The molecule has 2 aliphatic carbocycles. The molecule has 2 nitrogen and oxygen atoms in total. The monoisotopic (exact) mass is 262 g/mol. The van der Waals surface area contributed by atoms with E-state index in [0.717, 1.165) is 17.6 Å². The first kappa shape index (κ1) is 11.8. The Labute approximate surface area is 111 Å². The SMILES string of the molecule is O=C(O)/C=C1\CC2(CCCC2)c2ccc(Cl)cc21. The first-order chi connectivity index (χ1) is 8.61. The van der Waals surface area contributed by atoms with Crippen LogP contribution in [0.15, 0.2) is 24.3 Å². The summed E-state index contributed by atoms with van der Waals surface area (Å²) in [5.74, 6) is -0.869. The van der Waals surface area contributed by atoms with Gasteiger partial charge in [0.2, 0.25) is 0 Å². The molecule has 2 aliphatic rings. The predicted molar refractivity (Wildman–Crippen MR) is 71.8 cm³/mol. The molecule has 3 heteroatoms. The Hall–Kier alpha value is -1.28. The van der Waals surface area contributed by atoms with Crippen molar-refractivity contribution in [1.29, 1.82) is 0 Å². The summed E-state index contributed by atoms with van der Waals surface area (Å²) in [6, 6.07) is 5.93. The van der Waals surface area contributed by atoms with E-state index in [1.54, 1.807) is 0 Å². The van der Waals surface area contributed by atoms with E-state index in [2.05, 4.69) is 6.07 Å². The number of aliphatic carboxylic acids is 1. The number of carbonyl (C=O) groups is 1. The van der Waals surface area contributed by atoms with Gasteiger partial charge in [-0.3, -0.25) is 0 Å². The second-order valence-electron chi connectivity index (χ2n) is 5.36. The van der Waals surface area contributed by atoms with E-state index in [9.17, 15) is 4.79 Å². The van der Waals surface area contributed by atoms with Gasteiger partial charge in [-0.25, -0.2) is 4.79 Å². The predicted octanol–water partition coefficient (Wildman–Crippen LogP) is 4.02. The topological polar surface area (TPSA) is 37.3 Å². The maximum atomic E-state index is 10.9. The van der Waals surface area contributed by atoms with Crippen molar-refractivity contribution in [3.63, 3.8) is 0 Å². The molecule has 1 aromatic carbocycles. The molecule has 1 fully saturated rings. The van der Waals surface area contributed by atoms with Gasteiger partial charge in [0, 0.05) is 11.1 Å². The van der Waals surface area contributed by atoms with Crippen molar-refractivity contribution in [1.82, 2.24) is 0 Å². The van der Waals surface area contributed by atoms with Crippen LogP contribution >= 0.6 is 11.6 Å². The minimum Gasteiger partial charge on any atom is -0.478 e. The van der Waals surface area contributed by atoms with E-state index in [4.69, 9.17) is 16.7 Å². The van der Waals surface area contributed by atoms with E-state index in [-0.39, 0.29) is 5.41 Å². The van der Waals surface area contributed by atoms with Crippen LogP contribution in [0.1, 0.15) is 43.2 Å². The smallest absolute Gasteiger partial charge is 0.328 e. The molecular weight excluding hydrogens is 248 g/mol. The quantitative estimate of drug-likeness (QED) is 0.776. The largest absolute Gasteiger partial charge is 0.478 e. The minimum absolute atomic E-state index is 0.182. The molecule has 0 atom stereocenters. The molecule has 18 heavy (non-hydrogen) atoms. The van der Waals surface area contributed by atoms with Crippen molar-refractivity contribution in [2.75, 3.05) is 0 Å². The van der Waals surface area contributed by atoms with Gasteiger partial charge in [0.15, 0.2) is 0 Å². The van der Waals surface area contributed by atoms with Gasteiger partial charge in [0.1, 0.15) is 0 Å². The number of halogens is 1. The van der Waals surface area contributed by atoms with Crippen LogP contribution in [0.25, 0.3) is 5.57 Å². The number of hydrogen-bond donors (Lipinski definition) is 1. The summed E-state index contributed by atoms with van der Waals surface area (Å²) in [6.45, 7) is 0. The number of rotatable bonds is 1. The Bertz CT molecular complexity index is 539. The Morgan fingerprint density at radius 3 is 2.72 bits per heavy atom. The number of carboxylic acid groups (broad SMARTS) is 1. The van der Waals surface area contributed by atoms with Crippen molar-refractivity contribution in [3.8, 4) is 0 Å². The zero-order valence-electron chi connectivity index (χ0n) is 10.1. The van der Waals surface area contributed by atoms with E-state index in [0.29, 0.717) is 5.02 Å². The highest BCUT2D eigenvalue weighted by Gasteiger charge is 2.43. The maximum Gasteiger partial charge on any atom is 0.328 e. The molecule has 1 N–H and O–H groups in total. The highest BCUT2D eigenvalue weighted by molar-refractivity contribution is 6.30. The van der Waals surface area contributed by atoms with E-state index < -0.39 is 5.97 Å². The van der Waals surface area contributed by atoms with Gasteiger partial charge in [-0.1, -0.05) is 30.5 Å². The molecule has 0 amide bonds. The van der Waals surface area contributed by atoms with E-state index in [1.165, 1.54) is 37.3 Å². The maximum absolute atomic E-state index is 10.9. The number of fused-ring (bicyclic) bond motifs is 2. The molecule has 3 rings (SSSR count). The number of allylic oxidation sites excluding steroid dienone is 1. The van der Waals surface area contributed by atoms with Crippen LogP contribution in [-0.4, -0.2) is 11.1 Å². The van der Waals surface area contributed by atoms with Gasteiger partial charge in [-0.05, 0) is 53.5 Å². The molecule has 1 saturated carbocycles. The fraction of sp³-hybridized carbons (Fsp3) is 0.400. The van der Waals surface area contributed by atoms with Crippen LogP contribution in [0.2, 0.25) is 5.02 Å². The second kappa shape index (κ2) is 4.13. The highest BCUT2D eigenvalue weighted by Crippen LogP contribution is 2.54. The average Bonchev–Trinajstić information content (AvgIpc) is 2.86. The lowest BCUT2D eigenvalue weighted by atomic mass is 9.80. The van der Waals surface area contributed by atoms with Crippen LogP contribution in [0, 0.1) is 0 Å². The van der Waals surface area contributed by atoms with Crippen LogP contribution in [0.3, 0.4) is 0 Å². The summed E-state index contributed by atoms with van der Waals surface area (Å²) < 4.78 is 0. The van der Waals surface area contributed by atoms with Crippen LogP contribution in [0.5, 0.6) is 0 Å². The van der Waals surface area contributed by atoms with E-state index >= 15 is 0 Å². The lowest BCUT2D eigenvalue weighted by molar-refractivity contribution is -0.131. The summed E-state index contributed by atoms with van der Waals surface area (Å²) in [5.41, 5.74) is 3.46. The van der Waals surface area contributed by atoms with Crippen LogP contribution in [-0.2, 0) is 10.2 Å². The third-order valence-corrected chi connectivity index (χ3v) is 4.52. The molecule has 1 spiro atoms. The Kier molecular flexibility index (Phi) is 2.70. The second-order valence-corrected chi connectivity index (χ2v) is 5.80. The zero-order chi connectivity index (χ0) is 12.8. The van der Waals surface area contributed by atoms with Gasteiger partial charge in [0.25, 0.3) is 0 Å². The van der Waals surface area contributed by atoms with Gasteiger partial charge in [-0.15, -0.1) is 0 Å². The van der Waals surface area contributed by atoms with Gasteiger partial charge >= 0.3 is 5.97 Å².